The third-order valence-corrected chi connectivity index (χ3v) is 8.35. The van der Waals surface area contributed by atoms with Crippen molar-refractivity contribution in [2.45, 2.75) is 32.5 Å². The molecule has 0 radical (unpaired) electrons. The number of aromatic nitrogens is 1. The highest BCUT2D eigenvalue weighted by molar-refractivity contribution is 7.15. The van der Waals surface area contributed by atoms with Crippen LogP contribution >= 0.6 is 11.3 Å². The third-order valence-electron chi connectivity index (χ3n) is 7.09. The van der Waals surface area contributed by atoms with E-state index < -0.39 is 0 Å². The Morgan fingerprint density at radius 1 is 1.03 bits per heavy atom. The summed E-state index contributed by atoms with van der Waals surface area (Å²) in [4.78, 5) is 19.6. The molecule has 0 aliphatic carbocycles. The van der Waals surface area contributed by atoms with Crippen LogP contribution in [0.5, 0.6) is 0 Å². The van der Waals surface area contributed by atoms with Crippen LogP contribution in [0.2, 0.25) is 0 Å². The molecule has 0 saturated carbocycles. The molecule has 0 fully saturated rings. The number of carbonyl (C=O) groups excluding carboxylic acids is 1. The Morgan fingerprint density at radius 2 is 1.83 bits per heavy atom. The van der Waals surface area contributed by atoms with E-state index in [1.165, 1.54) is 33.1 Å². The zero-order chi connectivity index (χ0) is 24.1. The van der Waals surface area contributed by atoms with Gasteiger partial charge < -0.3 is 19.7 Å². The number of likely N-dealkylation sites (N-methyl/N-ethyl adjacent to an activating group) is 1. The summed E-state index contributed by atoms with van der Waals surface area (Å²) in [5.41, 5.74) is 6.28. The van der Waals surface area contributed by atoms with E-state index in [2.05, 4.69) is 34.1 Å². The Bertz CT molecular complexity index is 1410. The number of benzene rings is 2. The Morgan fingerprint density at radius 3 is 2.63 bits per heavy atom. The molecule has 4 aromatic rings. The fraction of sp³-hybridized carbons (Fsp3) is 0.250. The molecule has 0 unspecified atom stereocenters. The van der Waals surface area contributed by atoms with Crippen LogP contribution in [-0.2, 0) is 19.5 Å². The largest absolute Gasteiger partial charge is 0.322 e. The van der Waals surface area contributed by atoms with E-state index in [0.29, 0.717) is 6.54 Å². The smallest absolute Gasteiger partial charge is 0.310 e. The number of aryl methyl sites for hydroxylation is 1. The second-order valence-corrected chi connectivity index (χ2v) is 10.5. The first-order chi connectivity index (χ1) is 17.0. The monoisotopic (exact) mass is 486 g/mol. The Hall–Kier alpha value is -3.42. The number of fused-ring (bicyclic) bond motifs is 5. The Labute approximate surface area is 208 Å². The number of hydrogen-bond donors (Lipinski definition) is 1. The minimum absolute atomic E-state index is 0.165. The van der Waals surface area contributed by atoms with Gasteiger partial charge in [0.05, 0.1) is 18.3 Å². The molecule has 35 heavy (non-hydrogen) atoms. The molecular formula is C28H27FN4OS. The zero-order valence-corrected chi connectivity index (χ0v) is 20.6. The van der Waals surface area contributed by atoms with Gasteiger partial charge in [0.15, 0.2) is 0 Å². The van der Waals surface area contributed by atoms with E-state index >= 15 is 0 Å². The van der Waals surface area contributed by atoms with Crippen LogP contribution in [0.25, 0.3) is 5.00 Å². The first kappa shape index (κ1) is 22.1. The topological polar surface area (TPSA) is 40.5 Å². The van der Waals surface area contributed by atoms with Crippen LogP contribution in [0, 0.1) is 12.7 Å². The van der Waals surface area contributed by atoms with E-state index in [1.54, 1.807) is 12.1 Å². The Kier molecular flexibility index (Phi) is 5.46. The molecule has 1 N–H and O–H groups in total. The summed E-state index contributed by atoms with van der Waals surface area (Å²) in [7, 11) is 2.15. The summed E-state index contributed by atoms with van der Waals surface area (Å²) < 4.78 is 16.1. The molecule has 2 aromatic heterocycles. The van der Waals surface area contributed by atoms with Crippen molar-refractivity contribution < 1.29 is 9.18 Å². The molecule has 6 rings (SSSR count). The maximum absolute atomic E-state index is 13.9. The summed E-state index contributed by atoms with van der Waals surface area (Å²) in [5, 5.41) is 4.33. The minimum Gasteiger partial charge on any atom is -0.310 e. The van der Waals surface area contributed by atoms with Crippen molar-refractivity contribution in [2.75, 3.05) is 18.9 Å². The van der Waals surface area contributed by atoms with Crippen molar-refractivity contribution in [1.29, 1.82) is 0 Å². The van der Waals surface area contributed by atoms with Crippen molar-refractivity contribution in [1.82, 2.24) is 14.4 Å². The SMILES string of the molecule is Cc1ccccc1NC(=O)N1Cc2c(sc3c2CCN(C)C3)-n2cccc2[C@@H]1c1ccc(F)cc1. The average Bonchev–Trinajstić information content (AvgIpc) is 3.43. The van der Waals surface area contributed by atoms with Crippen LogP contribution in [0.4, 0.5) is 14.9 Å². The normalized spacial score (nSPS) is 17.3. The lowest BCUT2D eigenvalue weighted by Crippen LogP contribution is -2.38. The lowest BCUT2D eigenvalue weighted by Gasteiger charge is -2.32. The molecule has 4 heterocycles. The molecule has 178 valence electrons. The maximum Gasteiger partial charge on any atom is 0.322 e. The van der Waals surface area contributed by atoms with Gasteiger partial charge in [0.1, 0.15) is 10.8 Å². The van der Waals surface area contributed by atoms with Gasteiger partial charge in [0.25, 0.3) is 0 Å². The van der Waals surface area contributed by atoms with Crippen LogP contribution in [0.1, 0.15) is 38.9 Å². The van der Waals surface area contributed by atoms with E-state index in [9.17, 15) is 9.18 Å². The van der Waals surface area contributed by atoms with Crippen LogP contribution in [-0.4, -0.2) is 34.0 Å². The number of nitrogens with zero attached hydrogens (tertiary/aromatic N) is 3. The molecule has 0 saturated heterocycles. The number of amides is 2. The third kappa shape index (κ3) is 3.85. The number of anilines is 1. The van der Waals surface area contributed by atoms with Gasteiger partial charge in [-0.2, -0.15) is 0 Å². The number of hydrogen-bond acceptors (Lipinski definition) is 3. The van der Waals surface area contributed by atoms with Gasteiger partial charge >= 0.3 is 6.03 Å². The van der Waals surface area contributed by atoms with Gasteiger partial charge in [-0.05, 0) is 67.4 Å². The van der Waals surface area contributed by atoms with E-state index in [1.807, 2.05) is 53.5 Å². The number of urea groups is 1. The molecular weight excluding hydrogens is 459 g/mol. The second kappa shape index (κ2) is 8.66. The summed E-state index contributed by atoms with van der Waals surface area (Å²) in [5.74, 6) is -0.286. The number of rotatable bonds is 2. The predicted octanol–water partition coefficient (Wildman–Crippen LogP) is 6.11. The highest BCUT2D eigenvalue weighted by Crippen LogP contribution is 2.43. The lowest BCUT2D eigenvalue weighted by atomic mass is 10.0. The van der Waals surface area contributed by atoms with E-state index in [4.69, 9.17) is 0 Å². The van der Waals surface area contributed by atoms with Gasteiger partial charge in [-0.1, -0.05) is 30.3 Å². The molecule has 5 nitrogen and oxygen atoms in total. The molecule has 2 amide bonds. The van der Waals surface area contributed by atoms with Gasteiger partial charge in [-0.15, -0.1) is 11.3 Å². The molecule has 2 aliphatic rings. The number of para-hydroxylation sites is 1. The van der Waals surface area contributed by atoms with Crippen molar-refractivity contribution in [2.24, 2.45) is 0 Å². The van der Waals surface area contributed by atoms with Crippen LogP contribution in [0.15, 0.2) is 66.9 Å². The number of nitrogens with one attached hydrogen (secondary N) is 1. The molecule has 0 spiro atoms. The van der Waals surface area contributed by atoms with Gasteiger partial charge in [0.2, 0.25) is 0 Å². The molecule has 2 aromatic carbocycles. The second-order valence-electron chi connectivity index (χ2n) is 9.41. The predicted molar refractivity (Wildman–Crippen MR) is 138 cm³/mol. The first-order valence-electron chi connectivity index (χ1n) is 11.9. The fourth-order valence-corrected chi connectivity index (χ4v) is 6.69. The van der Waals surface area contributed by atoms with Crippen molar-refractivity contribution in [3.8, 4) is 5.00 Å². The van der Waals surface area contributed by atoms with Crippen LogP contribution in [0.3, 0.4) is 0 Å². The average molecular weight is 487 g/mol. The van der Waals surface area contributed by atoms with E-state index in [-0.39, 0.29) is 17.9 Å². The van der Waals surface area contributed by atoms with Gasteiger partial charge in [-0.25, -0.2) is 9.18 Å². The fourth-order valence-electron chi connectivity index (χ4n) is 5.25. The minimum atomic E-state index is -0.351. The first-order valence-corrected chi connectivity index (χ1v) is 12.7. The maximum atomic E-state index is 13.9. The molecule has 1 atom stereocenters. The summed E-state index contributed by atoms with van der Waals surface area (Å²) in [6, 6.07) is 17.9. The zero-order valence-electron chi connectivity index (χ0n) is 19.8. The lowest BCUT2D eigenvalue weighted by molar-refractivity contribution is 0.194. The number of carbonyl (C=O) groups is 1. The highest BCUT2D eigenvalue weighted by atomic mass is 32.1. The quantitative estimate of drug-likeness (QED) is 0.371. The van der Waals surface area contributed by atoms with Crippen molar-refractivity contribution >= 4 is 23.1 Å². The molecule has 7 heteroatoms. The van der Waals surface area contributed by atoms with Crippen molar-refractivity contribution in [3.05, 3.63) is 106 Å². The summed E-state index contributed by atoms with van der Waals surface area (Å²) in [6.07, 6.45) is 3.06. The summed E-state index contributed by atoms with van der Waals surface area (Å²) in [6.45, 7) is 4.42. The Balaban J connectivity index is 1.50. The number of thiophene rings is 1. The molecule has 0 bridgehead atoms. The highest BCUT2D eigenvalue weighted by Gasteiger charge is 2.36. The van der Waals surface area contributed by atoms with Gasteiger partial charge in [0, 0.05) is 35.4 Å². The standard InChI is InChI=1S/C28H27FN4OS/c1-18-6-3-4-7-23(18)30-28(34)33-16-22-21-13-15-31(2)17-25(21)35-27(22)32-14-5-8-24(32)26(33)19-9-11-20(29)12-10-19/h3-12,14,26H,13,15-17H2,1-2H3,(H,30,34)/t26-/m0/s1. The van der Waals surface area contributed by atoms with E-state index in [0.717, 1.165) is 42.0 Å². The molecule has 2 aliphatic heterocycles. The van der Waals surface area contributed by atoms with Crippen molar-refractivity contribution in [3.63, 3.8) is 0 Å². The number of halogens is 1. The van der Waals surface area contributed by atoms with Crippen LogP contribution < -0.4 is 5.32 Å². The van der Waals surface area contributed by atoms with Gasteiger partial charge in [-0.3, -0.25) is 0 Å². The summed E-state index contributed by atoms with van der Waals surface area (Å²) >= 11 is 1.82.